The van der Waals surface area contributed by atoms with Crippen molar-refractivity contribution >= 4 is 21.4 Å². The first-order chi connectivity index (χ1) is 15.7. The Morgan fingerprint density at radius 3 is 2.52 bits per heavy atom. The van der Waals surface area contributed by atoms with E-state index in [9.17, 15) is 12.8 Å². The standard InChI is InChI=1S/C23H27FN4O4S/c1-14-12-28(13-15(2)26-14)17-9-21(23(31-4)25-11-17)27-33(29,30)18-6-7-19(20(24)10-18)22-8-5-16(3)32-22/h5-11,14-15,26-27H,12-13H2,1-4H3. The van der Waals surface area contributed by atoms with Crippen molar-refractivity contribution in [2.45, 2.75) is 37.8 Å². The molecule has 2 atom stereocenters. The number of hydrogen-bond acceptors (Lipinski definition) is 7. The molecule has 1 aliphatic rings. The highest BCUT2D eigenvalue weighted by atomic mass is 32.2. The first kappa shape index (κ1) is 23.1. The molecule has 2 aromatic heterocycles. The molecule has 33 heavy (non-hydrogen) atoms. The first-order valence-corrected chi connectivity index (χ1v) is 12.1. The average molecular weight is 475 g/mol. The number of hydrogen-bond donors (Lipinski definition) is 2. The van der Waals surface area contributed by atoms with E-state index in [1.54, 1.807) is 31.3 Å². The summed E-state index contributed by atoms with van der Waals surface area (Å²) in [7, 11) is -2.69. The Morgan fingerprint density at radius 1 is 1.18 bits per heavy atom. The molecule has 8 nitrogen and oxygen atoms in total. The molecule has 10 heteroatoms. The number of methoxy groups -OCH3 is 1. The van der Waals surface area contributed by atoms with E-state index >= 15 is 0 Å². The van der Waals surface area contributed by atoms with Crippen LogP contribution in [0.1, 0.15) is 19.6 Å². The number of anilines is 2. The second-order valence-corrected chi connectivity index (χ2v) is 9.96. The number of sulfonamides is 1. The number of halogens is 1. The van der Waals surface area contributed by atoms with Crippen molar-refractivity contribution in [2.75, 3.05) is 29.8 Å². The van der Waals surface area contributed by atoms with Gasteiger partial charge in [0.05, 0.1) is 29.5 Å². The van der Waals surface area contributed by atoms with Crippen LogP contribution in [0, 0.1) is 12.7 Å². The number of ether oxygens (including phenoxy) is 1. The molecule has 2 N–H and O–H groups in total. The third kappa shape index (κ3) is 4.96. The van der Waals surface area contributed by atoms with Crippen LogP contribution >= 0.6 is 0 Å². The summed E-state index contributed by atoms with van der Waals surface area (Å²) in [5, 5.41) is 3.46. The maximum absolute atomic E-state index is 14.7. The van der Waals surface area contributed by atoms with E-state index in [0.29, 0.717) is 11.5 Å². The zero-order valence-corrected chi connectivity index (χ0v) is 19.7. The van der Waals surface area contributed by atoms with E-state index < -0.39 is 15.8 Å². The molecule has 4 rings (SSSR count). The third-order valence-corrected chi connectivity index (χ3v) is 6.82. The Morgan fingerprint density at radius 2 is 1.91 bits per heavy atom. The molecule has 0 bridgehead atoms. The lowest BCUT2D eigenvalue weighted by molar-refractivity contribution is 0.397. The van der Waals surface area contributed by atoms with Crippen LogP contribution in [0.25, 0.3) is 11.3 Å². The predicted molar refractivity (Wildman–Crippen MR) is 125 cm³/mol. The van der Waals surface area contributed by atoms with Gasteiger partial charge in [0.25, 0.3) is 10.0 Å². The largest absolute Gasteiger partial charge is 0.479 e. The van der Waals surface area contributed by atoms with Crippen molar-refractivity contribution < 1.29 is 22.0 Å². The van der Waals surface area contributed by atoms with Gasteiger partial charge in [0.15, 0.2) is 0 Å². The highest BCUT2D eigenvalue weighted by molar-refractivity contribution is 7.92. The van der Waals surface area contributed by atoms with Gasteiger partial charge in [-0.15, -0.1) is 0 Å². The van der Waals surface area contributed by atoms with E-state index in [4.69, 9.17) is 9.15 Å². The van der Waals surface area contributed by atoms with Gasteiger partial charge in [-0.2, -0.15) is 0 Å². The minimum Gasteiger partial charge on any atom is -0.479 e. The Kier molecular flexibility index (Phi) is 6.31. The molecule has 2 unspecified atom stereocenters. The van der Waals surface area contributed by atoms with Gasteiger partial charge in [-0.05, 0) is 57.2 Å². The van der Waals surface area contributed by atoms with E-state index in [1.165, 1.54) is 19.2 Å². The summed E-state index contributed by atoms with van der Waals surface area (Å²) >= 11 is 0. The first-order valence-electron chi connectivity index (χ1n) is 10.6. The molecule has 1 fully saturated rings. The van der Waals surface area contributed by atoms with Crippen LogP contribution in [0.2, 0.25) is 0 Å². The van der Waals surface area contributed by atoms with Gasteiger partial charge in [0.2, 0.25) is 5.88 Å². The predicted octanol–water partition coefficient (Wildman–Crippen LogP) is 3.79. The highest BCUT2D eigenvalue weighted by Crippen LogP contribution is 2.31. The van der Waals surface area contributed by atoms with Gasteiger partial charge in [0.1, 0.15) is 23.0 Å². The van der Waals surface area contributed by atoms with E-state index in [2.05, 4.69) is 33.8 Å². The second kappa shape index (κ2) is 9.03. The van der Waals surface area contributed by atoms with Crippen LogP contribution < -0.4 is 19.7 Å². The smallest absolute Gasteiger partial charge is 0.262 e. The molecular formula is C23H27FN4O4S. The summed E-state index contributed by atoms with van der Waals surface area (Å²) in [4.78, 5) is 6.19. The van der Waals surface area contributed by atoms with Crippen molar-refractivity contribution in [2.24, 2.45) is 0 Å². The number of benzene rings is 1. The van der Waals surface area contributed by atoms with E-state index in [1.807, 2.05) is 0 Å². The average Bonchev–Trinajstić information content (AvgIpc) is 3.18. The van der Waals surface area contributed by atoms with Gasteiger partial charge in [0, 0.05) is 25.2 Å². The van der Waals surface area contributed by atoms with Crippen molar-refractivity contribution in [1.82, 2.24) is 10.3 Å². The molecule has 0 saturated carbocycles. The Bertz CT molecular complexity index is 1250. The molecule has 0 spiro atoms. The quantitative estimate of drug-likeness (QED) is 0.561. The van der Waals surface area contributed by atoms with Gasteiger partial charge in [-0.1, -0.05) is 0 Å². The fourth-order valence-electron chi connectivity index (χ4n) is 4.03. The number of furan rings is 1. The van der Waals surface area contributed by atoms with Gasteiger partial charge in [-0.3, -0.25) is 4.72 Å². The minimum atomic E-state index is -4.10. The number of nitrogens with one attached hydrogen (secondary N) is 2. The molecular weight excluding hydrogens is 447 g/mol. The number of rotatable bonds is 6. The number of aryl methyl sites for hydroxylation is 1. The summed E-state index contributed by atoms with van der Waals surface area (Å²) in [6.45, 7) is 7.44. The van der Waals surface area contributed by atoms with E-state index in [0.717, 1.165) is 24.8 Å². The fourth-order valence-corrected chi connectivity index (χ4v) is 5.09. The molecule has 0 radical (unpaired) electrons. The van der Waals surface area contributed by atoms with Crippen molar-refractivity contribution in [1.29, 1.82) is 0 Å². The lowest BCUT2D eigenvalue weighted by Crippen LogP contribution is -2.54. The summed E-state index contributed by atoms with van der Waals surface area (Å²) in [6, 6.07) is 9.28. The molecule has 0 amide bonds. The number of pyridine rings is 1. The number of piperazine rings is 1. The Balaban J connectivity index is 1.63. The Labute approximate surface area is 192 Å². The summed E-state index contributed by atoms with van der Waals surface area (Å²) in [5.41, 5.74) is 1.13. The molecule has 1 aromatic carbocycles. The van der Waals surface area contributed by atoms with Crippen molar-refractivity contribution in [3.8, 4) is 17.2 Å². The lowest BCUT2D eigenvalue weighted by atomic mass is 10.1. The van der Waals surface area contributed by atoms with Crippen LogP contribution in [0.5, 0.6) is 5.88 Å². The van der Waals surface area contributed by atoms with Crippen LogP contribution in [-0.2, 0) is 10.0 Å². The second-order valence-electron chi connectivity index (χ2n) is 8.28. The Hall–Kier alpha value is -3.11. The topological polar surface area (TPSA) is 96.7 Å². The van der Waals surface area contributed by atoms with E-state index in [-0.39, 0.29) is 34.1 Å². The zero-order valence-electron chi connectivity index (χ0n) is 18.9. The SMILES string of the molecule is COc1ncc(N2CC(C)NC(C)C2)cc1NS(=O)(=O)c1ccc(-c2ccc(C)o2)c(F)c1. The normalized spacial score (nSPS) is 18.9. The highest BCUT2D eigenvalue weighted by Gasteiger charge is 2.24. The molecule has 3 aromatic rings. The number of nitrogens with zero attached hydrogens (tertiary/aromatic N) is 2. The summed E-state index contributed by atoms with van der Waals surface area (Å²) < 4.78 is 54.1. The maximum atomic E-state index is 14.7. The lowest BCUT2D eigenvalue weighted by Gasteiger charge is -2.37. The fraction of sp³-hybridized carbons (Fsp3) is 0.348. The molecule has 176 valence electrons. The monoisotopic (exact) mass is 474 g/mol. The molecule has 0 aliphatic carbocycles. The zero-order chi connectivity index (χ0) is 23.8. The van der Waals surface area contributed by atoms with Crippen LogP contribution in [-0.4, -0.2) is 45.7 Å². The number of aromatic nitrogens is 1. The molecule has 1 saturated heterocycles. The van der Waals surface area contributed by atoms with Gasteiger partial charge in [-0.25, -0.2) is 17.8 Å². The molecule has 1 aliphatic heterocycles. The van der Waals surface area contributed by atoms with Crippen molar-refractivity contribution in [3.05, 3.63) is 54.2 Å². The van der Waals surface area contributed by atoms with Crippen LogP contribution in [0.4, 0.5) is 15.8 Å². The van der Waals surface area contributed by atoms with Crippen molar-refractivity contribution in [3.63, 3.8) is 0 Å². The minimum absolute atomic E-state index is 0.127. The third-order valence-electron chi connectivity index (χ3n) is 5.45. The van der Waals surface area contributed by atoms with Gasteiger partial charge >= 0.3 is 0 Å². The maximum Gasteiger partial charge on any atom is 0.262 e. The van der Waals surface area contributed by atoms with Crippen LogP contribution in [0.3, 0.4) is 0 Å². The van der Waals surface area contributed by atoms with Gasteiger partial charge < -0.3 is 19.4 Å². The molecule has 3 heterocycles. The van der Waals surface area contributed by atoms with Crippen LogP contribution in [0.15, 0.2) is 51.9 Å². The summed E-state index contributed by atoms with van der Waals surface area (Å²) in [5.74, 6) is 0.395. The summed E-state index contributed by atoms with van der Waals surface area (Å²) in [6.07, 6.45) is 1.65.